The van der Waals surface area contributed by atoms with Gasteiger partial charge in [-0.15, -0.1) is 0 Å². The van der Waals surface area contributed by atoms with E-state index in [1.54, 1.807) is 7.11 Å². The average molecular weight is 208 g/mol. The summed E-state index contributed by atoms with van der Waals surface area (Å²) in [5, 5.41) is 10.5. The molecule has 0 spiro atoms. The van der Waals surface area contributed by atoms with Crippen LogP contribution in [0, 0.1) is 13.8 Å². The molecule has 0 heterocycles. The standard InChI is InChI=1S/C13H20O2/c1-5-13(14,9-15-4)12-8-6-7-10(2)11(12)3/h6-8,14H,5,9H2,1-4H3. The molecule has 0 saturated carbocycles. The van der Waals surface area contributed by atoms with Gasteiger partial charge in [-0.1, -0.05) is 25.1 Å². The first-order chi connectivity index (χ1) is 7.05. The van der Waals surface area contributed by atoms with Crippen molar-refractivity contribution in [1.82, 2.24) is 0 Å². The van der Waals surface area contributed by atoms with Gasteiger partial charge in [-0.3, -0.25) is 0 Å². The van der Waals surface area contributed by atoms with E-state index in [9.17, 15) is 5.11 Å². The molecule has 1 aromatic rings. The fraction of sp³-hybridized carbons (Fsp3) is 0.538. The molecule has 0 fully saturated rings. The summed E-state index contributed by atoms with van der Waals surface area (Å²) in [4.78, 5) is 0. The Kier molecular flexibility index (Phi) is 3.89. The minimum absolute atomic E-state index is 0.341. The van der Waals surface area contributed by atoms with Crippen molar-refractivity contribution in [2.24, 2.45) is 0 Å². The highest BCUT2D eigenvalue weighted by molar-refractivity contribution is 5.37. The molecule has 0 aliphatic heterocycles. The molecular weight excluding hydrogens is 188 g/mol. The number of aliphatic hydroxyl groups is 1. The van der Waals surface area contributed by atoms with Gasteiger partial charge in [0.15, 0.2) is 0 Å². The van der Waals surface area contributed by atoms with E-state index in [1.165, 1.54) is 5.56 Å². The number of hydrogen-bond acceptors (Lipinski definition) is 2. The van der Waals surface area contributed by atoms with Crippen LogP contribution in [0.5, 0.6) is 0 Å². The van der Waals surface area contributed by atoms with E-state index in [0.717, 1.165) is 11.1 Å². The number of hydrogen-bond donors (Lipinski definition) is 1. The molecule has 0 aromatic heterocycles. The third-order valence-corrected chi connectivity index (χ3v) is 3.07. The van der Waals surface area contributed by atoms with E-state index in [-0.39, 0.29) is 0 Å². The van der Waals surface area contributed by atoms with Gasteiger partial charge in [0, 0.05) is 7.11 Å². The summed E-state index contributed by atoms with van der Waals surface area (Å²) in [5.74, 6) is 0. The van der Waals surface area contributed by atoms with Gasteiger partial charge in [0.25, 0.3) is 0 Å². The number of benzene rings is 1. The SMILES string of the molecule is CCC(O)(COC)c1cccc(C)c1C. The second-order valence-corrected chi connectivity index (χ2v) is 4.07. The summed E-state index contributed by atoms with van der Waals surface area (Å²) in [5.41, 5.74) is 2.48. The van der Waals surface area contributed by atoms with Gasteiger partial charge in [-0.2, -0.15) is 0 Å². The van der Waals surface area contributed by atoms with Crippen molar-refractivity contribution in [3.8, 4) is 0 Å². The van der Waals surface area contributed by atoms with E-state index in [4.69, 9.17) is 4.74 Å². The monoisotopic (exact) mass is 208 g/mol. The van der Waals surface area contributed by atoms with Crippen LogP contribution in [0.1, 0.15) is 30.0 Å². The van der Waals surface area contributed by atoms with Crippen LogP contribution in [0.4, 0.5) is 0 Å². The molecule has 2 heteroatoms. The zero-order valence-electron chi connectivity index (χ0n) is 10.0. The molecule has 0 saturated heterocycles. The van der Waals surface area contributed by atoms with Gasteiger partial charge in [0.05, 0.1) is 6.61 Å². The van der Waals surface area contributed by atoms with Gasteiger partial charge in [0.1, 0.15) is 5.60 Å². The van der Waals surface area contributed by atoms with E-state index in [1.807, 2.05) is 26.0 Å². The number of rotatable bonds is 4. The van der Waals surface area contributed by atoms with Crippen LogP contribution < -0.4 is 0 Å². The van der Waals surface area contributed by atoms with Crippen LogP contribution in [-0.4, -0.2) is 18.8 Å². The summed E-state index contributed by atoms with van der Waals surface area (Å²) in [7, 11) is 1.62. The smallest absolute Gasteiger partial charge is 0.113 e. The lowest BCUT2D eigenvalue weighted by Gasteiger charge is -2.28. The first kappa shape index (κ1) is 12.2. The predicted octanol–water partition coefficient (Wildman–Crippen LogP) is 2.55. The molecule has 0 aliphatic carbocycles. The lowest BCUT2D eigenvalue weighted by Crippen LogP contribution is -2.31. The van der Waals surface area contributed by atoms with E-state index >= 15 is 0 Å². The third kappa shape index (κ3) is 2.39. The highest BCUT2D eigenvalue weighted by Gasteiger charge is 2.28. The van der Waals surface area contributed by atoms with Crippen LogP contribution in [-0.2, 0) is 10.3 Å². The molecule has 0 bridgehead atoms. The highest BCUT2D eigenvalue weighted by Crippen LogP contribution is 2.29. The second kappa shape index (κ2) is 4.77. The van der Waals surface area contributed by atoms with E-state index < -0.39 is 5.60 Å². The molecule has 1 atom stereocenters. The first-order valence-corrected chi connectivity index (χ1v) is 5.33. The van der Waals surface area contributed by atoms with Crippen molar-refractivity contribution in [1.29, 1.82) is 0 Å². The molecular formula is C13H20O2. The quantitative estimate of drug-likeness (QED) is 0.824. The fourth-order valence-corrected chi connectivity index (χ4v) is 1.86. The van der Waals surface area contributed by atoms with Crippen molar-refractivity contribution in [2.75, 3.05) is 13.7 Å². The second-order valence-electron chi connectivity index (χ2n) is 4.07. The number of aryl methyl sites for hydroxylation is 1. The van der Waals surface area contributed by atoms with Crippen molar-refractivity contribution >= 4 is 0 Å². The summed E-state index contributed by atoms with van der Waals surface area (Å²) in [6.07, 6.45) is 0.658. The summed E-state index contributed by atoms with van der Waals surface area (Å²) < 4.78 is 5.10. The van der Waals surface area contributed by atoms with Crippen LogP contribution in [0.2, 0.25) is 0 Å². The van der Waals surface area contributed by atoms with Crippen molar-refractivity contribution in [3.63, 3.8) is 0 Å². The largest absolute Gasteiger partial charge is 0.383 e. The summed E-state index contributed by atoms with van der Waals surface area (Å²) >= 11 is 0. The minimum atomic E-state index is -0.856. The third-order valence-electron chi connectivity index (χ3n) is 3.07. The maximum Gasteiger partial charge on any atom is 0.113 e. The van der Waals surface area contributed by atoms with Crippen LogP contribution in [0.25, 0.3) is 0 Å². The Hall–Kier alpha value is -0.860. The Balaban J connectivity index is 3.17. The van der Waals surface area contributed by atoms with E-state index in [0.29, 0.717) is 13.0 Å². The van der Waals surface area contributed by atoms with Crippen molar-refractivity contribution < 1.29 is 9.84 Å². The predicted molar refractivity (Wildman–Crippen MR) is 62.0 cm³/mol. The summed E-state index contributed by atoms with van der Waals surface area (Å²) in [6, 6.07) is 6.01. The molecule has 15 heavy (non-hydrogen) atoms. The molecule has 2 nitrogen and oxygen atoms in total. The Morgan fingerprint density at radius 2 is 2.00 bits per heavy atom. The Morgan fingerprint density at radius 3 is 2.53 bits per heavy atom. The zero-order valence-corrected chi connectivity index (χ0v) is 10.0. The zero-order chi connectivity index (χ0) is 11.5. The van der Waals surface area contributed by atoms with E-state index in [2.05, 4.69) is 13.0 Å². The molecule has 1 rings (SSSR count). The van der Waals surface area contributed by atoms with Gasteiger partial charge in [-0.25, -0.2) is 0 Å². The van der Waals surface area contributed by atoms with Gasteiger partial charge < -0.3 is 9.84 Å². The van der Waals surface area contributed by atoms with Crippen molar-refractivity contribution in [3.05, 3.63) is 34.9 Å². The molecule has 0 amide bonds. The molecule has 0 radical (unpaired) electrons. The maximum absolute atomic E-state index is 10.5. The van der Waals surface area contributed by atoms with Crippen LogP contribution >= 0.6 is 0 Å². The lowest BCUT2D eigenvalue weighted by molar-refractivity contribution is -0.0391. The van der Waals surface area contributed by atoms with Crippen LogP contribution in [0.15, 0.2) is 18.2 Å². The fourth-order valence-electron chi connectivity index (χ4n) is 1.86. The minimum Gasteiger partial charge on any atom is -0.383 e. The molecule has 0 aliphatic rings. The topological polar surface area (TPSA) is 29.5 Å². The maximum atomic E-state index is 10.5. The molecule has 84 valence electrons. The number of ether oxygens (including phenoxy) is 1. The van der Waals surface area contributed by atoms with Crippen molar-refractivity contribution in [2.45, 2.75) is 32.8 Å². The first-order valence-electron chi connectivity index (χ1n) is 5.33. The van der Waals surface area contributed by atoms with Gasteiger partial charge >= 0.3 is 0 Å². The van der Waals surface area contributed by atoms with Gasteiger partial charge in [0.2, 0.25) is 0 Å². The molecule has 1 aromatic carbocycles. The van der Waals surface area contributed by atoms with Crippen LogP contribution in [0.3, 0.4) is 0 Å². The Labute approximate surface area is 91.9 Å². The molecule has 1 unspecified atom stereocenters. The average Bonchev–Trinajstić information content (AvgIpc) is 2.22. The Bertz CT molecular complexity index is 333. The normalized spacial score (nSPS) is 15.0. The lowest BCUT2D eigenvalue weighted by atomic mass is 9.87. The Morgan fingerprint density at radius 1 is 1.33 bits per heavy atom. The van der Waals surface area contributed by atoms with Gasteiger partial charge in [-0.05, 0) is 37.0 Å². The number of methoxy groups -OCH3 is 1. The highest BCUT2D eigenvalue weighted by atomic mass is 16.5. The molecule has 1 N–H and O–H groups in total. The summed E-state index contributed by atoms with van der Waals surface area (Å²) in [6.45, 7) is 6.41.